The Morgan fingerprint density at radius 1 is 1.12 bits per heavy atom. The monoisotopic (exact) mass is 374 g/mol. The van der Waals surface area contributed by atoms with Crippen LogP contribution in [0.25, 0.3) is 0 Å². The van der Waals surface area contributed by atoms with Gasteiger partial charge in [-0.2, -0.15) is 4.31 Å². The van der Waals surface area contributed by atoms with Gasteiger partial charge in [0.15, 0.2) is 0 Å². The van der Waals surface area contributed by atoms with E-state index in [-0.39, 0.29) is 16.8 Å². The molecule has 0 aliphatic carbocycles. The Labute approximate surface area is 153 Å². The summed E-state index contributed by atoms with van der Waals surface area (Å²) < 4.78 is 32.9. The number of carbonyl (C=O) groups excluding carboxylic acids is 1. The number of hydrogen-bond donors (Lipinski definition) is 1. The Kier molecular flexibility index (Phi) is 5.29. The van der Waals surface area contributed by atoms with Crippen LogP contribution >= 0.6 is 0 Å². The van der Waals surface area contributed by atoms with E-state index >= 15 is 0 Å². The molecule has 0 saturated carbocycles. The molecule has 1 N–H and O–H groups in total. The van der Waals surface area contributed by atoms with Gasteiger partial charge in [0, 0.05) is 19.2 Å². The van der Waals surface area contributed by atoms with Gasteiger partial charge in [0.2, 0.25) is 10.0 Å². The Morgan fingerprint density at radius 2 is 1.77 bits per heavy atom. The third-order valence-electron chi connectivity index (χ3n) is 4.65. The third-order valence-corrected chi connectivity index (χ3v) is 6.58. The van der Waals surface area contributed by atoms with Gasteiger partial charge in [0.1, 0.15) is 5.75 Å². The molecule has 0 radical (unpaired) electrons. The molecule has 3 rings (SSSR count). The summed E-state index contributed by atoms with van der Waals surface area (Å²) in [5.74, 6) is 0.497. The quantitative estimate of drug-likeness (QED) is 0.873. The fraction of sp³-hybridized carbons (Fsp3) is 0.316. The Hall–Kier alpha value is -2.38. The summed E-state index contributed by atoms with van der Waals surface area (Å²) in [7, 11) is -0.491. The Balaban J connectivity index is 1.88. The SMILES string of the molecule is CNC(=O)c1ccc(S(=O)(=O)N2CCC[C@@H]2c2ccc(OC)cc2)cc1. The van der Waals surface area contributed by atoms with E-state index in [0.29, 0.717) is 12.1 Å². The van der Waals surface area contributed by atoms with Crippen LogP contribution in [0.2, 0.25) is 0 Å². The molecule has 0 unspecified atom stereocenters. The van der Waals surface area contributed by atoms with Crippen LogP contribution in [0.1, 0.15) is 34.8 Å². The topological polar surface area (TPSA) is 75.7 Å². The van der Waals surface area contributed by atoms with Crippen molar-refractivity contribution in [1.82, 2.24) is 9.62 Å². The molecular weight excluding hydrogens is 352 g/mol. The number of sulfonamides is 1. The number of nitrogens with one attached hydrogen (secondary N) is 1. The molecular formula is C19H22N2O4S. The van der Waals surface area contributed by atoms with Gasteiger partial charge in [0.05, 0.1) is 18.0 Å². The summed E-state index contributed by atoms with van der Waals surface area (Å²) >= 11 is 0. The first-order valence-electron chi connectivity index (χ1n) is 8.45. The van der Waals surface area contributed by atoms with Gasteiger partial charge in [-0.1, -0.05) is 12.1 Å². The average molecular weight is 374 g/mol. The first-order chi connectivity index (χ1) is 12.5. The zero-order valence-corrected chi connectivity index (χ0v) is 15.6. The number of hydrogen-bond acceptors (Lipinski definition) is 4. The standard InChI is InChI=1S/C19H22N2O4S/c1-20-19(22)15-7-11-17(12-8-15)26(23,24)21-13-3-4-18(21)14-5-9-16(25-2)10-6-14/h5-12,18H,3-4,13H2,1-2H3,(H,20,22)/t18-/m1/s1. The maximum Gasteiger partial charge on any atom is 0.251 e. The van der Waals surface area contributed by atoms with Crippen molar-refractivity contribution in [2.75, 3.05) is 20.7 Å². The Bertz CT molecular complexity index is 877. The van der Waals surface area contributed by atoms with Crippen LogP contribution in [0.3, 0.4) is 0 Å². The van der Waals surface area contributed by atoms with E-state index in [2.05, 4.69) is 5.32 Å². The summed E-state index contributed by atoms with van der Waals surface area (Å²) in [4.78, 5) is 11.8. The highest BCUT2D eigenvalue weighted by Gasteiger charge is 2.36. The van der Waals surface area contributed by atoms with Crippen molar-refractivity contribution < 1.29 is 17.9 Å². The third kappa shape index (κ3) is 3.45. The predicted octanol–water partition coefficient (Wildman–Crippen LogP) is 2.58. The van der Waals surface area contributed by atoms with Crippen molar-refractivity contribution in [1.29, 1.82) is 0 Å². The molecule has 1 aliphatic heterocycles. The fourth-order valence-corrected chi connectivity index (χ4v) is 4.93. The smallest absolute Gasteiger partial charge is 0.251 e. The summed E-state index contributed by atoms with van der Waals surface area (Å²) in [6.45, 7) is 0.482. The largest absolute Gasteiger partial charge is 0.497 e. The number of carbonyl (C=O) groups is 1. The molecule has 2 aromatic carbocycles. The fourth-order valence-electron chi connectivity index (χ4n) is 3.24. The molecule has 1 heterocycles. The zero-order chi connectivity index (χ0) is 18.7. The van der Waals surface area contributed by atoms with Gasteiger partial charge in [-0.25, -0.2) is 8.42 Å². The lowest BCUT2D eigenvalue weighted by atomic mass is 10.1. The number of nitrogens with zero attached hydrogens (tertiary/aromatic N) is 1. The second-order valence-electron chi connectivity index (χ2n) is 6.15. The van der Waals surface area contributed by atoms with Gasteiger partial charge in [0.25, 0.3) is 5.91 Å². The van der Waals surface area contributed by atoms with Crippen LogP contribution in [0, 0.1) is 0 Å². The molecule has 1 atom stereocenters. The number of amides is 1. The molecule has 26 heavy (non-hydrogen) atoms. The molecule has 1 aliphatic rings. The molecule has 7 heteroatoms. The minimum atomic E-state index is -3.63. The highest BCUT2D eigenvalue weighted by molar-refractivity contribution is 7.89. The van der Waals surface area contributed by atoms with Crippen LogP contribution in [0.4, 0.5) is 0 Å². The molecule has 1 saturated heterocycles. The lowest BCUT2D eigenvalue weighted by Crippen LogP contribution is -2.30. The van der Waals surface area contributed by atoms with E-state index in [9.17, 15) is 13.2 Å². The van der Waals surface area contributed by atoms with Crippen LogP contribution in [0.5, 0.6) is 5.75 Å². The van der Waals surface area contributed by atoms with Crippen molar-refractivity contribution in [3.8, 4) is 5.75 Å². The maximum absolute atomic E-state index is 13.1. The molecule has 138 valence electrons. The number of methoxy groups -OCH3 is 1. The van der Waals surface area contributed by atoms with Crippen molar-refractivity contribution in [3.63, 3.8) is 0 Å². The molecule has 1 amide bonds. The van der Waals surface area contributed by atoms with Crippen LogP contribution < -0.4 is 10.1 Å². The maximum atomic E-state index is 13.1. The summed E-state index contributed by atoms with van der Waals surface area (Å²) in [6.07, 6.45) is 1.59. The van der Waals surface area contributed by atoms with E-state index in [1.165, 1.54) is 31.3 Å². The van der Waals surface area contributed by atoms with Crippen LogP contribution in [-0.2, 0) is 10.0 Å². The van der Waals surface area contributed by atoms with Crippen molar-refractivity contribution in [2.45, 2.75) is 23.8 Å². The predicted molar refractivity (Wildman–Crippen MR) is 98.7 cm³/mol. The summed E-state index contributed by atoms with van der Waals surface area (Å²) in [5.41, 5.74) is 1.38. The van der Waals surface area contributed by atoms with Crippen molar-refractivity contribution in [2.24, 2.45) is 0 Å². The van der Waals surface area contributed by atoms with Crippen molar-refractivity contribution >= 4 is 15.9 Å². The molecule has 2 aromatic rings. The summed E-state index contributed by atoms with van der Waals surface area (Å²) in [5, 5.41) is 2.52. The average Bonchev–Trinajstić information content (AvgIpc) is 3.18. The summed E-state index contributed by atoms with van der Waals surface area (Å²) in [6, 6.07) is 13.4. The number of rotatable bonds is 5. The van der Waals surface area contributed by atoms with Gasteiger partial charge in [-0.15, -0.1) is 0 Å². The van der Waals surface area contributed by atoms with E-state index in [1.54, 1.807) is 11.4 Å². The highest BCUT2D eigenvalue weighted by atomic mass is 32.2. The van der Waals surface area contributed by atoms with Gasteiger partial charge in [-0.3, -0.25) is 4.79 Å². The number of ether oxygens (including phenoxy) is 1. The number of benzene rings is 2. The zero-order valence-electron chi connectivity index (χ0n) is 14.8. The first-order valence-corrected chi connectivity index (χ1v) is 9.89. The molecule has 0 spiro atoms. The minimum Gasteiger partial charge on any atom is -0.497 e. The van der Waals surface area contributed by atoms with Crippen LogP contribution in [-0.4, -0.2) is 39.3 Å². The van der Waals surface area contributed by atoms with Crippen molar-refractivity contribution in [3.05, 3.63) is 59.7 Å². The molecule has 6 nitrogen and oxygen atoms in total. The lowest BCUT2D eigenvalue weighted by Gasteiger charge is -2.24. The van der Waals surface area contributed by atoms with Gasteiger partial charge < -0.3 is 10.1 Å². The van der Waals surface area contributed by atoms with Gasteiger partial charge >= 0.3 is 0 Å². The second-order valence-corrected chi connectivity index (χ2v) is 8.04. The van der Waals surface area contributed by atoms with Crippen LogP contribution in [0.15, 0.2) is 53.4 Å². The molecule has 0 aromatic heterocycles. The Morgan fingerprint density at radius 3 is 2.35 bits per heavy atom. The first kappa shape index (κ1) is 18.4. The van der Waals surface area contributed by atoms with E-state index < -0.39 is 10.0 Å². The lowest BCUT2D eigenvalue weighted by molar-refractivity contribution is 0.0963. The van der Waals surface area contributed by atoms with E-state index in [0.717, 1.165) is 24.2 Å². The van der Waals surface area contributed by atoms with Gasteiger partial charge in [-0.05, 0) is 54.8 Å². The second kappa shape index (κ2) is 7.47. The minimum absolute atomic E-state index is 0.190. The highest BCUT2D eigenvalue weighted by Crippen LogP contribution is 2.37. The molecule has 0 bridgehead atoms. The normalized spacial score (nSPS) is 17.8. The van der Waals surface area contributed by atoms with E-state index in [1.807, 2.05) is 24.3 Å². The van der Waals surface area contributed by atoms with E-state index in [4.69, 9.17) is 4.74 Å². The molecule has 1 fully saturated rings.